The molecule has 0 amide bonds. The first-order valence-electron chi connectivity index (χ1n) is 5.85. The summed E-state index contributed by atoms with van der Waals surface area (Å²) in [5.74, 6) is 5.49. The second-order valence-corrected chi connectivity index (χ2v) is 3.54. The van der Waals surface area contributed by atoms with E-state index >= 15 is 0 Å². The number of ether oxygens (including phenoxy) is 1. The molecule has 2 rings (SSSR count). The normalized spacial score (nSPS) is 10.1. The van der Waals surface area contributed by atoms with Crippen LogP contribution in [0, 0.1) is 0 Å². The van der Waals surface area contributed by atoms with Crippen LogP contribution in [0.4, 0.5) is 11.9 Å². The zero-order valence-corrected chi connectivity index (χ0v) is 10.8. The highest BCUT2D eigenvalue weighted by Crippen LogP contribution is 2.07. The first-order valence-corrected chi connectivity index (χ1v) is 5.85. The third kappa shape index (κ3) is 3.38. The molecule has 4 N–H and O–H groups in total. The van der Waals surface area contributed by atoms with Crippen molar-refractivity contribution < 1.29 is 9.53 Å². The van der Waals surface area contributed by atoms with E-state index in [0.29, 0.717) is 6.61 Å². The van der Waals surface area contributed by atoms with Gasteiger partial charge in [-0.1, -0.05) is 0 Å². The van der Waals surface area contributed by atoms with Crippen LogP contribution in [0.15, 0.2) is 18.5 Å². The van der Waals surface area contributed by atoms with Gasteiger partial charge in [-0.05, 0) is 13.0 Å². The van der Waals surface area contributed by atoms with Crippen molar-refractivity contribution in [3.05, 3.63) is 18.5 Å². The summed E-state index contributed by atoms with van der Waals surface area (Å²) in [6.45, 7) is 1.99. The van der Waals surface area contributed by atoms with Crippen molar-refractivity contribution >= 4 is 17.9 Å². The number of nitrogens with one attached hydrogen (secondary N) is 2. The molecule has 0 aliphatic heterocycles. The Morgan fingerprint density at radius 2 is 2.20 bits per heavy atom. The number of rotatable bonds is 6. The lowest BCUT2D eigenvalue weighted by Gasteiger charge is -2.08. The number of esters is 1. The van der Waals surface area contributed by atoms with Crippen LogP contribution in [0.3, 0.4) is 0 Å². The number of hydrogen-bond donors (Lipinski definition) is 3. The van der Waals surface area contributed by atoms with Crippen LogP contribution in [-0.2, 0) is 9.53 Å². The first-order chi connectivity index (χ1) is 9.72. The van der Waals surface area contributed by atoms with Crippen molar-refractivity contribution in [1.29, 1.82) is 0 Å². The fourth-order valence-electron chi connectivity index (χ4n) is 1.36. The monoisotopic (exact) mass is 278 g/mol. The van der Waals surface area contributed by atoms with Gasteiger partial charge in [-0.25, -0.2) is 10.5 Å². The number of nitrogens with zero attached hydrogens (tertiary/aromatic N) is 5. The molecular formula is C10H14N8O2. The van der Waals surface area contributed by atoms with E-state index in [-0.39, 0.29) is 24.4 Å². The third-order valence-corrected chi connectivity index (χ3v) is 2.16. The predicted molar refractivity (Wildman–Crippen MR) is 69.9 cm³/mol. The minimum Gasteiger partial charge on any atom is -0.465 e. The summed E-state index contributed by atoms with van der Waals surface area (Å²) in [7, 11) is 0. The van der Waals surface area contributed by atoms with E-state index in [2.05, 4.69) is 30.8 Å². The van der Waals surface area contributed by atoms with Crippen LogP contribution in [-0.4, -0.2) is 43.9 Å². The number of hydrazine groups is 1. The van der Waals surface area contributed by atoms with Gasteiger partial charge < -0.3 is 10.1 Å². The van der Waals surface area contributed by atoms with Gasteiger partial charge >= 0.3 is 5.97 Å². The topological polar surface area (TPSA) is 133 Å². The molecular weight excluding hydrogens is 264 g/mol. The van der Waals surface area contributed by atoms with E-state index < -0.39 is 5.97 Å². The molecule has 2 heterocycles. The fraction of sp³-hybridized carbons (Fsp3) is 0.300. The maximum Gasteiger partial charge on any atom is 0.325 e. The average molecular weight is 278 g/mol. The minimum atomic E-state index is -0.407. The smallest absolute Gasteiger partial charge is 0.325 e. The van der Waals surface area contributed by atoms with Gasteiger partial charge in [0.2, 0.25) is 11.9 Å². The highest BCUT2D eigenvalue weighted by Gasteiger charge is 2.09. The van der Waals surface area contributed by atoms with Gasteiger partial charge in [-0.2, -0.15) is 20.1 Å². The summed E-state index contributed by atoms with van der Waals surface area (Å²) < 4.78 is 6.23. The molecule has 2 aromatic rings. The lowest BCUT2D eigenvalue weighted by atomic mass is 10.6. The molecule has 0 saturated carbocycles. The molecule has 106 valence electrons. The van der Waals surface area contributed by atoms with Gasteiger partial charge in [0, 0.05) is 12.4 Å². The van der Waals surface area contributed by atoms with Crippen molar-refractivity contribution in [2.75, 3.05) is 23.9 Å². The molecule has 10 heteroatoms. The maximum absolute atomic E-state index is 11.3. The molecule has 0 saturated heterocycles. The van der Waals surface area contributed by atoms with Crippen molar-refractivity contribution in [2.24, 2.45) is 5.84 Å². The summed E-state index contributed by atoms with van der Waals surface area (Å²) in [5.41, 5.74) is 2.32. The Hall–Kier alpha value is -2.75. The Morgan fingerprint density at radius 3 is 2.85 bits per heavy atom. The number of carbonyl (C=O) groups is 1. The number of carbonyl (C=O) groups excluding carboxylic acids is 1. The number of hydrogen-bond acceptors (Lipinski definition) is 9. The number of anilines is 2. The minimum absolute atomic E-state index is 0.0551. The fourth-order valence-corrected chi connectivity index (χ4v) is 1.36. The maximum atomic E-state index is 11.3. The summed E-state index contributed by atoms with van der Waals surface area (Å²) in [6.07, 6.45) is 3.26. The SMILES string of the molecule is CCOC(=O)CNc1nc(NN)nc(-n2cccn2)n1. The van der Waals surface area contributed by atoms with E-state index in [0.717, 1.165) is 0 Å². The zero-order valence-electron chi connectivity index (χ0n) is 10.8. The predicted octanol–water partition coefficient (Wildman–Crippen LogP) is -0.682. The Kier molecular flexibility index (Phi) is 4.39. The van der Waals surface area contributed by atoms with Crippen LogP contribution in [0.2, 0.25) is 0 Å². The lowest BCUT2D eigenvalue weighted by Crippen LogP contribution is -2.20. The van der Waals surface area contributed by atoms with Gasteiger partial charge in [0.15, 0.2) is 0 Å². The van der Waals surface area contributed by atoms with Crippen LogP contribution in [0.5, 0.6) is 0 Å². The third-order valence-electron chi connectivity index (χ3n) is 2.16. The zero-order chi connectivity index (χ0) is 14.4. The van der Waals surface area contributed by atoms with E-state index in [1.54, 1.807) is 25.4 Å². The Bertz CT molecular complexity index is 571. The molecule has 2 aromatic heterocycles. The van der Waals surface area contributed by atoms with Crippen molar-refractivity contribution in [2.45, 2.75) is 6.92 Å². The number of nitrogen functional groups attached to an aromatic ring is 1. The standard InChI is InChI=1S/C10H14N8O2/c1-2-20-7(19)6-12-8-14-9(17-11)16-10(15-8)18-5-3-4-13-18/h3-5H,2,6,11H2,1H3,(H2,12,14,15,16,17). The van der Waals surface area contributed by atoms with Crippen molar-refractivity contribution in [3.8, 4) is 5.95 Å². The largest absolute Gasteiger partial charge is 0.465 e. The Morgan fingerprint density at radius 1 is 1.40 bits per heavy atom. The molecule has 0 radical (unpaired) electrons. The van der Waals surface area contributed by atoms with E-state index in [4.69, 9.17) is 10.6 Å². The van der Waals surface area contributed by atoms with E-state index in [9.17, 15) is 4.79 Å². The molecule has 20 heavy (non-hydrogen) atoms. The van der Waals surface area contributed by atoms with Crippen molar-refractivity contribution in [3.63, 3.8) is 0 Å². The summed E-state index contributed by atoms with van der Waals surface area (Å²) in [5, 5.41) is 6.74. The quantitative estimate of drug-likeness (QED) is 0.357. The first kappa shape index (κ1) is 13.7. The average Bonchev–Trinajstić information content (AvgIpc) is 2.99. The lowest BCUT2D eigenvalue weighted by molar-refractivity contribution is -0.140. The van der Waals surface area contributed by atoms with Crippen LogP contribution < -0.4 is 16.6 Å². The van der Waals surface area contributed by atoms with E-state index in [1.165, 1.54) is 4.68 Å². The molecule has 0 spiro atoms. The van der Waals surface area contributed by atoms with E-state index in [1.807, 2.05) is 0 Å². The second kappa shape index (κ2) is 6.43. The summed E-state index contributed by atoms with van der Waals surface area (Å²) >= 11 is 0. The molecule has 10 nitrogen and oxygen atoms in total. The van der Waals surface area contributed by atoms with Gasteiger partial charge in [0.25, 0.3) is 5.95 Å². The van der Waals surface area contributed by atoms with Gasteiger partial charge in [-0.15, -0.1) is 0 Å². The Balaban J connectivity index is 2.16. The molecule has 0 aliphatic carbocycles. The number of aromatic nitrogens is 5. The van der Waals surface area contributed by atoms with Crippen LogP contribution in [0.1, 0.15) is 6.92 Å². The molecule has 0 unspecified atom stereocenters. The van der Waals surface area contributed by atoms with Gasteiger partial charge in [0.05, 0.1) is 6.61 Å². The molecule has 0 aromatic carbocycles. The second-order valence-electron chi connectivity index (χ2n) is 3.54. The number of nitrogens with two attached hydrogens (primary N) is 1. The molecule has 0 fully saturated rings. The van der Waals surface area contributed by atoms with Crippen LogP contribution >= 0.6 is 0 Å². The van der Waals surface area contributed by atoms with Crippen LogP contribution in [0.25, 0.3) is 5.95 Å². The highest BCUT2D eigenvalue weighted by atomic mass is 16.5. The van der Waals surface area contributed by atoms with Crippen molar-refractivity contribution in [1.82, 2.24) is 24.7 Å². The summed E-state index contributed by atoms with van der Waals surface area (Å²) in [6, 6.07) is 1.73. The molecule has 0 bridgehead atoms. The van der Waals surface area contributed by atoms with Gasteiger partial charge in [-0.3, -0.25) is 10.2 Å². The molecule has 0 aliphatic rings. The van der Waals surface area contributed by atoms with Gasteiger partial charge in [0.1, 0.15) is 6.54 Å². The molecule has 0 atom stereocenters. The summed E-state index contributed by atoms with van der Waals surface area (Å²) in [4.78, 5) is 23.4. The Labute approximate surface area is 114 Å². The highest BCUT2D eigenvalue weighted by molar-refractivity contribution is 5.74.